The molecule has 0 radical (unpaired) electrons. The summed E-state index contributed by atoms with van der Waals surface area (Å²) >= 11 is 0. The Kier molecular flexibility index (Phi) is 4.17. The van der Waals surface area contributed by atoms with Crippen molar-refractivity contribution in [3.8, 4) is 0 Å². The lowest BCUT2D eigenvalue weighted by atomic mass is 9.91. The average molecular weight is 374 g/mol. The van der Waals surface area contributed by atoms with Gasteiger partial charge in [-0.05, 0) is 60.7 Å². The first kappa shape index (κ1) is 17.6. The molecule has 2 aromatic carbocycles. The molecule has 2 heterocycles. The number of amides is 2. The van der Waals surface area contributed by atoms with E-state index in [4.69, 9.17) is 0 Å². The molecule has 2 aliphatic rings. The van der Waals surface area contributed by atoms with Gasteiger partial charge in [0.05, 0.1) is 11.3 Å². The zero-order chi connectivity index (χ0) is 19.2. The number of aryl methyl sites for hydroxylation is 2. The van der Waals surface area contributed by atoms with Gasteiger partial charge in [0.25, 0.3) is 5.91 Å². The summed E-state index contributed by atoms with van der Waals surface area (Å²) in [5, 5.41) is 2.70. The third-order valence-electron chi connectivity index (χ3n) is 4.98. The summed E-state index contributed by atoms with van der Waals surface area (Å²) in [6.45, 7) is 0.703. The molecule has 0 spiro atoms. The minimum absolute atomic E-state index is 0.0482. The van der Waals surface area contributed by atoms with Crippen LogP contribution >= 0.6 is 0 Å². The predicted molar refractivity (Wildman–Crippen MR) is 94.8 cm³/mol. The topological polar surface area (TPSA) is 49.4 Å². The van der Waals surface area contributed by atoms with Gasteiger partial charge >= 0.3 is 6.18 Å². The Bertz CT molecular complexity index is 920. The molecule has 0 saturated carbocycles. The number of nitrogens with zero attached hydrogens (tertiary/aromatic N) is 1. The molecule has 140 valence electrons. The fourth-order valence-electron chi connectivity index (χ4n) is 3.77. The van der Waals surface area contributed by atoms with Crippen LogP contribution in [0.4, 0.5) is 24.5 Å². The summed E-state index contributed by atoms with van der Waals surface area (Å²) in [7, 11) is 0. The van der Waals surface area contributed by atoms with Crippen LogP contribution in [0.3, 0.4) is 0 Å². The molecule has 0 unspecified atom stereocenters. The predicted octanol–water partition coefficient (Wildman–Crippen LogP) is 4.18. The maximum Gasteiger partial charge on any atom is 0.416 e. The van der Waals surface area contributed by atoms with Gasteiger partial charge in [0.2, 0.25) is 5.91 Å². The molecule has 0 bridgehead atoms. The Morgan fingerprint density at radius 3 is 2.52 bits per heavy atom. The maximum absolute atomic E-state index is 12.9. The van der Waals surface area contributed by atoms with Crippen molar-refractivity contribution in [1.29, 1.82) is 0 Å². The number of carbonyl (C=O) groups is 2. The monoisotopic (exact) mass is 374 g/mol. The number of hydrogen-bond donors (Lipinski definition) is 1. The van der Waals surface area contributed by atoms with Crippen LogP contribution in [0.1, 0.15) is 39.9 Å². The highest BCUT2D eigenvalue weighted by atomic mass is 19.4. The number of nitrogens with one attached hydrogen (secondary N) is 1. The zero-order valence-electron chi connectivity index (χ0n) is 14.4. The van der Waals surface area contributed by atoms with E-state index in [1.807, 2.05) is 12.1 Å². The van der Waals surface area contributed by atoms with Gasteiger partial charge in [0.15, 0.2) is 0 Å². The van der Waals surface area contributed by atoms with Gasteiger partial charge in [-0.3, -0.25) is 9.59 Å². The third-order valence-corrected chi connectivity index (χ3v) is 4.98. The van der Waals surface area contributed by atoms with Crippen molar-refractivity contribution >= 4 is 23.2 Å². The molecule has 0 aromatic heterocycles. The molecule has 2 amide bonds. The van der Waals surface area contributed by atoms with Gasteiger partial charge in [-0.25, -0.2) is 0 Å². The fraction of sp³-hybridized carbons (Fsp3) is 0.300. The van der Waals surface area contributed by atoms with Crippen molar-refractivity contribution in [3.05, 3.63) is 58.7 Å². The Balaban J connectivity index is 1.63. The van der Waals surface area contributed by atoms with Gasteiger partial charge in [0, 0.05) is 24.2 Å². The summed E-state index contributed by atoms with van der Waals surface area (Å²) in [5.74, 6) is -0.475. The molecule has 2 aliphatic heterocycles. The lowest BCUT2D eigenvalue weighted by Crippen LogP contribution is -2.39. The van der Waals surface area contributed by atoms with E-state index in [2.05, 4.69) is 5.32 Å². The number of carbonyl (C=O) groups excluding carboxylic acids is 2. The second-order valence-electron chi connectivity index (χ2n) is 6.82. The normalized spacial score (nSPS) is 16.1. The summed E-state index contributed by atoms with van der Waals surface area (Å²) in [5.41, 5.74) is 2.56. The van der Waals surface area contributed by atoms with Crippen LogP contribution in [-0.4, -0.2) is 18.4 Å². The van der Waals surface area contributed by atoms with Gasteiger partial charge in [0.1, 0.15) is 0 Å². The number of benzene rings is 2. The second kappa shape index (κ2) is 6.40. The molecule has 0 atom stereocenters. The summed E-state index contributed by atoms with van der Waals surface area (Å²) in [6, 6.07) is 7.99. The molecule has 0 fully saturated rings. The van der Waals surface area contributed by atoms with Crippen molar-refractivity contribution in [2.45, 2.75) is 31.9 Å². The van der Waals surface area contributed by atoms with Crippen molar-refractivity contribution in [1.82, 2.24) is 0 Å². The first-order chi connectivity index (χ1) is 12.8. The zero-order valence-corrected chi connectivity index (χ0v) is 14.4. The first-order valence-corrected chi connectivity index (χ1v) is 8.78. The Hall–Kier alpha value is -2.83. The lowest BCUT2D eigenvalue weighted by molar-refractivity contribution is -0.137. The Labute approximate surface area is 154 Å². The number of rotatable bonds is 2. The van der Waals surface area contributed by atoms with E-state index < -0.39 is 17.6 Å². The highest BCUT2D eigenvalue weighted by molar-refractivity contribution is 6.05. The summed E-state index contributed by atoms with van der Waals surface area (Å²) in [4.78, 5) is 26.3. The van der Waals surface area contributed by atoms with Crippen molar-refractivity contribution in [2.75, 3.05) is 16.8 Å². The molecule has 1 N–H and O–H groups in total. The molecular weight excluding hydrogens is 357 g/mol. The van der Waals surface area contributed by atoms with Crippen molar-refractivity contribution in [3.63, 3.8) is 0 Å². The second-order valence-corrected chi connectivity index (χ2v) is 6.82. The minimum Gasteiger partial charge on any atom is -0.322 e. The fourth-order valence-corrected chi connectivity index (χ4v) is 3.77. The van der Waals surface area contributed by atoms with E-state index in [1.165, 1.54) is 12.1 Å². The standard InChI is InChI=1S/C20H17F3N2O2/c21-20(22,23)15-5-1-3-14(9-15)19(27)24-16-10-12-4-2-8-25-17(26)7-6-13(11-16)18(12)25/h1,3,5,9-11H,2,4,6-8H2,(H,24,27). The van der Waals surface area contributed by atoms with Crippen LogP contribution in [0.25, 0.3) is 0 Å². The van der Waals surface area contributed by atoms with Gasteiger partial charge in [-0.1, -0.05) is 6.07 Å². The first-order valence-electron chi connectivity index (χ1n) is 8.78. The van der Waals surface area contributed by atoms with Crippen molar-refractivity contribution in [2.24, 2.45) is 0 Å². The molecule has 27 heavy (non-hydrogen) atoms. The highest BCUT2D eigenvalue weighted by Crippen LogP contribution is 2.38. The number of anilines is 2. The summed E-state index contributed by atoms with van der Waals surface area (Å²) < 4.78 is 38.6. The lowest BCUT2D eigenvalue weighted by Gasteiger charge is -2.35. The molecule has 4 rings (SSSR count). The van der Waals surface area contributed by atoms with E-state index in [-0.39, 0.29) is 11.5 Å². The molecular formula is C20H17F3N2O2. The van der Waals surface area contributed by atoms with E-state index in [0.717, 1.165) is 41.8 Å². The maximum atomic E-state index is 12.9. The van der Waals surface area contributed by atoms with E-state index in [9.17, 15) is 22.8 Å². The van der Waals surface area contributed by atoms with E-state index in [1.54, 1.807) is 4.90 Å². The average Bonchev–Trinajstić information content (AvgIpc) is 2.64. The smallest absolute Gasteiger partial charge is 0.322 e. The third kappa shape index (κ3) is 3.29. The quantitative estimate of drug-likeness (QED) is 0.857. The Morgan fingerprint density at radius 2 is 1.78 bits per heavy atom. The van der Waals surface area contributed by atoms with Crippen LogP contribution in [0.15, 0.2) is 36.4 Å². The Morgan fingerprint density at radius 1 is 1.04 bits per heavy atom. The number of halogens is 3. The van der Waals surface area contributed by atoms with Gasteiger partial charge < -0.3 is 10.2 Å². The minimum atomic E-state index is -4.50. The van der Waals surface area contributed by atoms with Crippen LogP contribution < -0.4 is 10.2 Å². The van der Waals surface area contributed by atoms with E-state index >= 15 is 0 Å². The molecule has 7 heteroatoms. The number of hydrogen-bond acceptors (Lipinski definition) is 2. The van der Waals surface area contributed by atoms with Crippen LogP contribution in [0.5, 0.6) is 0 Å². The van der Waals surface area contributed by atoms with Crippen LogP contribution in [0, 0.1) is 0 Å². The summed E-state index contributed by atoms with van der Waals surface area (Å²) in [6.07, 6.45) is -1.81. The van der Waals surface area contributed by atoms with E-state index in [0.29, 0.717) is 25.1 Å². The van der Waals surface area contributed by atoms with Gasteiger partial charge in [-0.2, -0.15) is 13.2 Å². The molecule has 0 aliphatic carbocycles. The van der Waals surface area contributed by atoms with Crippen molar-refractivity contribution < 1.29 is 22.8 Å². The SMILES string of the molecule is O=C(Nc1cc2c3c(c1)CCC(=O)N3CCC2)c1cccc(C(F)(F)F)c1. The van der Waals surface area contributed by atoms with Crippen LogP contribution in [-0.2, 0) is 23.8 Å². The number of alkyl halides is 3. The molecule has 0 saturated heterocycles. The van der Waals surface area contributed by atoms with Crippen LogP contribution in [0.2, 0.25) is 0 Å². The molecule has 4 nitrogen and oxygen atoms in total. The van der Waals surface area contributed by atoms with Gasteiger partial charge in [-0.15, -0.1) is 0 Å². The molecule has 2 aromatic rings. The highest BCUT2D eigenvalue weighted by Gasteiger charge is 2.31. The largest absolute Gasteiger partial charge is 0.416 e.